The second-order valence-corrected chi connectivity index (χ2v) is 8.78. The number of hydrogen-bond donors (Lipinski definition) is 2. The average molecular weight is 491 g/mol. The number of amides is 3. The van der Waals surface area contributed by atoms with Crippen LogP contribution in [0.4, 0.5) is 10.7 Å². The van der Waals surface area contributed by atoms with E-state index >= 15 is 0 Å². The normalized spacial score (nSPS) is 13.8. The highest BCUT2D eigenvalue weighted by molar-refractivity contribution is 5.93. The molecule has 0 aliphatic carbocycles. The van der Waals surface area contributed by atoms with Gasteiger partial charge in [-0.05, 0) is 26.0 Å². The van der Waals surface area contributed by atoms with Gasteiger partial charge >= 0.3 is 6.03 Å². The van der Waals surface area contributed by atoms with E-state index < -0.39 is 0 Å². The van der Waals surface area contributed by atoms with Gasteiger partial charge in [0, 0.05) is 50.2 Å². The van der Waals surface area contributed by atoms with Gasteiger partial charge in [0.15, 0.2) is 0 Å². The largest absolute Gasteiger partial charge is 0.379 e. The van der Waals surface area contributed by atoms with Crippen molar-refractivity contribution in [1.82, 2.24) is 24.7 Å². The van der Waals surface area contributed by atoms with E-state index in [0.29, 0.717) is 38.8 Å². The molecule has 0 saturated carbocycles. The molecule has 2 heterocycles. The summed E-state index contributed by atoms with van der Waals surface area (Å²) in [5, 5.41) is 5.75. The lowest BCUT2D eigenvalue weighted by atomic mass is 10.2. The number of aromatic nitrogens is 2. The minimum Gasteiger partial charge on any atom is -0.379 e. The number of anilines is 1. The monoisotopic (exact) mass is 490 g/mol. The minimum atomic E-state index is -0.304. The van der Waals surface area contributed by atoms with E-state index in [0.717, 1.165) is 35.6 Å². The molecule has 1 aromatic heterocycles. The molecule has 0 unspecified atom stereocenters. The molecule has 0 radical (unpaired) electrons. The minimum absolute atomic E-state index is 0.0718. The summed E-state index contributed by atoms with van der Waals surface area (Å²) in [6.07, 6.45) is 1.91. The fourth-order valence-electron chi connectivity index (χ4n) is 4.06. The number of nitrogens with one attached hydrogen (secondary N) is 2. The van der Waals surface area contributed by atoms with Crippen LogP contribution in [0.15, 0.2) is 60.8 Å². The fourth-order valence-corrected chi connectivity index (χ4v) is 4.06. The molecule has 0 spiro atoms. The van der Waals surface area contributed by atoms with Gasteiger partial charge in [0.2, 0.25) is 11.9 Å². The van der Waals surface area contributed by atoms with Gasteiger partial charge in [-0.15, -0.1) is 0 Å². The third kappa shape index (κ3) is 6.71. The molecular weight excluding hydrogens is 456 g/mol. The summed E-state index contributed by atoms with van der Waals surface area (Å²) < 4.78 is 7.27. The molecule has 190 valence electrons. The number of urea groups is 1. The van der Waals surface area contributed by atoms with Crippen molar-refractivity contribution in [3.05, 3.63) is 66.4 Å². The van der Waals surface area contributed by atoms with Gasteiger partial charge in [-0.3, -0.25) is 19.6 Å². The molecule has 1 aliphatic rings. The fraction of sp³-hybridized carbons (Fsp3) is 0.370. The van der Waals surface area contributed by atoms with Crippen LogP contribution in [0, 0.1) is 6.92 Å². The zero-order chi connectivity index (χ0) is 25.3. The van der Waals surface area contributed by atoms with Crippen LogP contribution in [0.2, 0.25) is 0 Å². The maximum Gasteiger partial charge on any atom is 0.317 e. The predicted molar refractivity (Wildman–Crippen MR) is 140 cm³/mol. The van der Waals surface area contributed by atoms with Crippen LogP contribution in [0.3, 0.4) is 0 Å². The van der Waals surface area contributed by atoms with Gasteiger partial charge < -0.3 is 15.0 Å². The molecule has 0 bridgehead atoms. The Balaban J connectivity index is 1.52. The van der Waals surface area contributed by atoms with Crippen LogP contribution >= 0.6 is 0 Å². The third-order valence-corrected chi connectivity index (χ3v) is 6.08. The average Bonchev–Trinajstić information content (AvgIpc) is 3.31. The Morgan fingerprint density at radius 2 is 1.78 bits per heavy atom. The highest BCUT2D eigenvalue weighted by atomic mass is 16.5. The predicted octanol–water partition coefficient (Wildman–Crippen LogP) is 3.15. The highest BCUT2D eigenvalue weighted by Crippen LogP contribution is 2.24. The Labute approximate surface area is 212 Å². The first-order chi connectivity index (χ1) is 17.5. The Kier molecular flexibility index (Phi) is 8.70. The van der Waals surface area contributed by atoms with Crippen LogP contribution in [-0.4, -0.2) is 83.8 Å². The molecule has 36 heavy (non-hydrogen) atoms. The molecule has 1 fully saturated rings. The summed E-state index contributed by atoms with van der Waals surface area (Å²) >= 11 is 0. The first-order valence-electron chi connectivity index (χ1n) is 12.4. The summed E-state index contributed by atoms with van der Waals surface area (Å²) in [6.45, 7) is 8.47. The number of aryl methyl sites for hydroxylation is 1. The summed E-state index contributed by atoms with van der Waals surface area (Å²) in [5.74, 6) is 0.105. The smallest absolute Gasteiger partial charge is 0.317 e. The summed E-state index contributed by atoms with van der Waals surface area (Å²) in [5.41, 5.74) is 3.73. The molecular formula is C27H34N6O3. The summed E-state index contributed by atoms with van der Waals surface area (Å²) in [4.78, 5) is 34.3. The molecule has 2 N–H and O–H groups in total. The second-order valence-electron chi connectivity index (χ2n) is 8.78. The van der Waals surface area contributed by atoms with Crippen molar-refractivity contribution in [1.29, 1.82) is 0 Å². The lowest BCUT2D eigenvalue weighted by Gasteiger charge is -2.29. The Bertz CT molecular complexity index is 1140. The van der Waals surface area contributed by atoms with E-state index in [9.17, 15) is 9.59 Å². The van der Waals surface area contributed by atoms with Crippen molar-refractivity contribution in [3.8, 4) is 16.9 Å². The van der Waals surface area contributed by atoms with Crippen LogP contribution in [-0.2, 0) is 9.53 Å². The van der Waals surface area contributed by atoms with Crippen LogP contribution < -0.4 is 10.6 Å². The molecule has 0 atom stereocenters. The molecule has 4 rings (SSSR count). The van der Waals surface area contributed by atoms with E-state index in [2.05, 4.69) is 15.5 Å². The molecule has 1 saturated heterocycles. The third-order valence-electron chi connectivity index (χ3n) is 6.08. The SMILES string of the molecule is CCNC(=O)N(CCN1CCOCC1)CC(=O)Nc1nc(-c2ccccc2)cn1-c1ccc(C)cc1. The molecule has 9 heteroatoms. The van der Waals surface area contributed by atoms with E-state index in [1.807, 2.05) is 79.2 Å². The van der Waals surface area contributed by atoms with Gasteiger partial charge in [0.05, 0.1) is 18.9 Å². The van der Waals surface area contributed by atoms with E-state index in [1.165, 1.54) is 0 Å². The standard InChI is InChI=1S/C27H34N6O3/c1-3-28-27(35)32(14-13-31-15-17-36-18-16-31)20-25(34)30-26-29-24(22-7-5-4-6-8-22)19-33(26)23-11-9-21(2)10-12-23/h4-12,19H,3,13-18,20H2,1-2H3,(H,28,35)(H,29,30,34). The van der Waals surface area contributed by atoms with Gasteiger partial charge in [-0.1, -0.05) is 48.0 Å². The van der Waals surface area contributed by atoms with Gasteiger partial charge in [0.25, 0.3) is 0 Å². The lowest BCUT2D eigenvalue weighted by molar-refractivity contribution is -0.116. The number of carbonyl (C=O) groups is 2. The first kappa shape index (κ1) is 25.4. The van der Waals surface area contributed by atoms with E-state index in [-0.39, 0.29) is 18.5 Å². The van der Waals surface area contributed by atoms with Crippen LogP contribution in [0.25, 0.3) is 16.9 Å². The van der Waals surface area contributed by atoms with Crippen molar-refractivity contribution in [2.24, 2.45) is 0 Å². The van der Waals surface area contributed by atoms with Crippen molar-refractivity contribution >= 4 is 17.9 Å². The Morgan fingerprint density at radius 3 is 2.47 bits per heavy atom. The molecule has 1 aliphatic heterocycles. The number of benzene rings is 2. The second kappa shape index (κ2) is 12.3. The number of imidazole rings is 1. The van der Waals surface area contributed by atoms with Crippen molar-refractivity contribution in [2.75, 3.05) is 57.8 Å². The van der Waals surface area contributed by atoms with Crippen molar-refractivity contribution in [2.45, 2.75) is 13.8 Å². The number of nitrogens with zero attached hydrogens (tertiary/aromatic N) is 4. The topological polar surface area (TPSA) is 91.7 Å². The number of rotatable bonds is 9. The molecule has 3 amide bonds. The van der Waals surface area contributed by atoms with Crippen LogP contribution in [0.1, 0.15) is 12.5 Å². The number of carbonyl (C=O) groups excluding carboxylic acids is 2. The quantitative estimate of drug-likeness (QED) is 0.481. The molecule has 2 aromatic carbocycles. The highest BCUT2D eigenvalue weighted by Gasteiger charge is 2.21. The maximum atomic E-state index is 13.1. The van der Waals surface area contributed by atoms with Crippen molar-refractivity contribution in [3.63, 3.8) is 0 Å². The molecule has 9 nitrogen and oxygen atoms in total. The van der Waals surface area contributed by atoms with Crippen LogP contribution in [0.5, 0.6) is 0 Å². The number of ether oxygens (including phenoxy) is 1. The molecule has 3 aromatic rings. The van der Waals surface area contributed by atoms with Gasteiger partial charge in [-0.2, -0.15) is 0 Å². The first-order valence-corrected chi connectivity index (χ1v) is 12.4. The number of hydrogen-bond acceptors (Lipinski definition) is 5. The maximum absolute atomic E-state index is 13.1. The number of morpholine rings is 1. The van der Waals surface area contributed by atoms with E-state index in [4.69, 9.17) is 9.72 Å². The lowest BCUT2D eigenvalue weighted by Crippen LogP contribution is -2.48. The van der Waals surface area contributed by atoms with Crippen molar-refractivity contribution < 1.29 is 14.3 Å². The van der Waals surface area contributed by atoms with Gasteiger partial charge in [-0.25, -0.2) is 9.78 Å². The van der Waals surface area contributed by atoms with E-state index in [1.54, 1.807) is 4.90 Å². The van der Waals surface area contributed by atoms with Gasteiger partial charge in [0.1, 0.15) is 6.54 Å². The Morgan fingerprint density at radius 1 is 1.06 bits per heavy atom. The summed E-state index contributed by atoms with van der Waals surface area (Å²) in [6, 6.07) is 17.6. The summed E-state index contributed by atoms with van der Waals surface area (Å²) in [7, 11) is 0. The Hall–Kier alpha value is -3.69. The zero-order valence-corrected chi connectivity index (χ0v) is 20.9. The zero-order valence-electron chi connectivity index (χ0n) is 20.9.